The third kappa shape index (κ3) is 3.59. The fraction of sp³-hybridized carbons (Fsp3) is 0.533. The summed E-state index contributed by atoms with van der Waals surface area (Å²) >= 11 is 4.46. The first-order valence-electron chi connectivity index (χ1n) is 6.62. The van der Waals surface area contributed by atoms with E-state index >= 15 is 0 Å². The number of ether oxygens (including phenoxy) is 3. The van der Waals surface area contributed by atoms with Gasteiger partial charge in [0.15, 0.2) is 0 Å². The van der Waals surface area contributed by atoms with Gasteiger partial charge in [0.05, 0.1) is 25.3 Å². The van der Waals surface area contributed by atoms with E-state index in [0.29, 0.717) is 23.7 Å². The van der Waals surface area contributed by atoms with Gasteiger partial charge in [-0.2, -0.15) is 17.9 Å². The predicted octanol–water partition coefficient (Wildman–Crippen LogP) is 2.67. The van der Waals surface area contributed by atoms with Crippen LogP contribution in [0.2, 0.25) is 0 Å². The Morgan fingerprint density at radius 2 is 2.00 bits per heavy atom. The van der Waals surface area contributed by atoms with Gasteiger partial charge in [0.1, 0.15) is 11.5 Å². The number of nitriles is 1. The van der Waals surface area contributed by atoms with Gasteiger partial charge in [-0.05, 0) is 30.7 Å². The molecule has 20 heavy (non-hydrogen) atoms. The fourth-order valence-electron chi connectivity index (χ4n) is 2.23. The molecule has 2 rings (SSSR count). The molecule has 0 amide bonds. The lowest BCUT2D eigenvalue weighted by Crippen LogP contribution is -2.36. The van der Waals surface area contributed by atoms with E-state index in [0.717, 1.165) is 31.8 Å². The smallest absolute Gasteiger partial charge is 0.124 e. The zero-order valence-corrected chi connectivity index (χ0v) is 12.5. The van der Waals surface area contributed by atoms with Crippen molar-refractivity contribution >= 4 is 12.6 Å². The van der Waals surface area contributed by atoms with Gasteiger partial charge < -0.3 is 14.2 Å². The molecular weight excluding hydrogens is 274 g/mol. The van der Waals surface area contributed by atoms with Crippen molar-refractivity contribution < 1.29 is 14.2 Å². The Bertz CT molecular complexity index is 492. The van der Waals surface area contributed by atoms with Crippen molar-refractivity contribution in [2.45, 2.75) is 12.8 Å². The minimum Gasteiger partial charge on any atom is -0.497 e. The lowest BCUT2D eigenvalue weighted by molar-refractivity contribution is 0.00307. The average Bonchev–Trinajstić information content (AvgIpc) is 2.53. The number of benzene rings is 1. The minimum atomic E-state index is 0.0528. The lowest BCUT2D eigenvalue weighted by Gasteiger charge is -2.35. The van der Waals surface area contributed by atoms with Crippen LogP contribution >= 0.6 is 12.6 Å². The van der Waals surface area contributed by atoms with E-state index < -0.39 is 0 Å². The first-order chi connectivity index (χ1) is 9.71. The predicted molar refractivity (Wildman–Crippen MR) is 79.5 cm³/mol. The van der Waals surface area contributed by atoms with E-state index in [-0.39, 0.29) is 5.41 Å². The maximum Gasteiger partial charge on any atom is 0.124 e. The number of methoxy groups -OCH3 is 1. The average molecular weight is 293 g/mol. The molecule has 0 aliphatic carbocycles. The molecule has 1 aromatic rings. The van der Waals surface area contributed by atoms with Crippen molar-refractivity contribution in [3.8, 4) is 17.6 Å². The van der Waals surface area contributed by atoms with E-state index in [4.69, 9.17) is 19.5 Å². The standard InChI is InChI=1S/C15H19NO3S/c1-17-13-6-12(9-16)7-14(8-13)19-10-15(11-20)2-4-18-5-3-15/h6-8,20H,2-5,10-11H2,1H3. The Balaban J connectivity index is 2.07. The summed E-state index contributed by atoms with van der Waals surface area (Å²) in [7, 11) is 1.58. The van der Waals surface area contributed by atoms with Gasteiger partial charge in [0, 0.05) is 24.7 Å². The summed E-state index contributed by atoms with van der Waals surface area (Å²) in [4.78, 5) is 0. The topological polar surface area (TPSA) is 51.5 Å². The number of nitrogens with zero attached hydrogens (tertiary/aromatic N) is 1. The normalized spacial score (nSPS) is 17.2. The van der Waals surface area contributed by atoms with Crippen LogP contribution in [-0.4, -0.2) is 32.7 Å². The monoisotopic (exact) mass is 293 g/mol. The van der Waals surface area contributed by atoms with Crippen LogP contribution in [0.3, 0.4) is 0 Å². The lowest BCUT2D eigenvalue weighted by atomic mass is 9.83. The Labute approximate surface area is 125 Å². The highest BCUT2D eigenvalue weighted by atomic mass is 32.1. The molecule has 1 fully saturated rings. The summed E-state index contributed by atoms with van der Waals surface area (Å²) < 4.78 is 16.5. The van der Waals surface area contributed by atoms with Crippen LogP contribution in [-0.2, 0) is 4.74 Å². The fourth-order valence-corrected chi connectivity index (χ4v) is 2.63. The second-order valence-corrected chi connectivity index (χ2v) is 5.38. The second kappa shape index (κ2) is 6.87. The molecule has 4 nitrogen and oxygen atoms in total. The van der Waals surface area contributed by atoms with Crippen LogP contribution in [0.4, 0.5) is 0 Å². The summed E-state index contributed by atoms with van der Waals surface area (Å²) in [5.74, 6) is 2.06. The molecule has 108 valence electrons. The van der Waals surface area contributed by atoms with Gasteiger partial charge in [-0.25, -0.2) is 0 Å². The summed E-state index contributed by atoms with van der Waals surface area (Å²) in [6.07, 6.45) is 1.90. The Morgan fingerprint density at radius 3 is 2.60 bits per heavy atom. The summed E-state index contributed by atoms with van der Waals surface area (Å²) in [6, 6.07) is 7.33. The first-order valence-corrected chi connectivity index (χ1v) is 7.25. The maximum atomic E-state index is 9.01. The van der Waals surface area contributed by atoms with Crippen LogP contribution in [0.1, 0.15) is 18.4 Å². The zero-order chi connectivity index (χ0) is 14.4. The van der Waals surface area contributed by atoms with Gasteiger partial charge in [-0.15, -0.1) is 0 Å². The SMILES string of the molecule is COc1cc(C#N)cc(OCC2(CS)CCOCC2)c1. The second-order valence-electron chi connectivity index (χ2n) is 5.07. The number of thiol groups is 1. The highest BCUT2D eigenvalue weighted by Gasteiger charge is 2.32. The van der Waals surface area contributed by atoms with E-state index in [1.54, 1.807) is 25.3 Å². The summed E-state index contributed by atoms with van der Waals surface area (Å²) in [5, 5.41) is 9.01. The van der Waals surface area contributed by atoms with E-state index in [2.05, 4.69) is 18.7 Å². The molecule has 0 atom stereocenters. The van der Waals surface area contributed by atoms with E-state index in [9.17, 15) is 0 Å². The van der Waals surface area contributed by atoms with Crippen molar-refractivity contribution in [2.75, 3.05) is 32.7 Å². The molecule has 1 aromatic carbocycles. The van der Waals surface area contributed by atoms with Crippen molar-refractivity contribution in [1.82, 2.24) is 0 Å². The number of hydrogen-bond acceptors (Lipinski definition) is 5. The highest BCUT2D eigenvalue weighted by Crippen LogP contribution is 2.33. The van der Waals surface area contributed by atoms with Crippen molar-refractivity contribution in [3.05, 3.63) is 23.8 Å². The van der Waals surface area contributed by atoms with Gasteiger partial charge in [0.2, 0.25) is 0 Å². The molecule has 1 aliphatic heterocycles. The molecule has 0 spiro atoms. The van der Waals surface area contributed by atoms with Gasteiger partial charge in [0.25, 0.3) is 0 Å². The van der Waals surface area contributed by atoms with Crippen LogP contribution in [0.25, 0.3) is 0 Å². The van der Waals surface area contributed by atoms with Crippen molar-refractivity contribution in [3.63, 3.8) is 0 Å². The quantitative estimate of drug-likeness (QED) is 0.848. The van der Waals surface area contributed by atoms with Gasteiger partial charge >= 0.3 is 0 Å². The third-order valence-electron chi connectivity index (χ3n) is 3.68. The third-order valence-corrected chi connectivity index (χ3v) is 4.35. The van der Waals surface area contributed by atoms with E-state index in [1.807, 2.05) is 0 Å². The molecule has 0 aromatic heterocycles. The molecule has 1 aliphatic rings. The summed E-state index contributed by atoms with van der Waals surface area (Å²) in [6.45, 7) is 2.09. The number of rotatable bonds is 5. The van der Waals surface area contributed by atoms with Crippen LogP contribution in [0, 0.1) is 16.7 Å². The summed E-state index contributed by atoms with van der Waals surface area (Å²) in [5.41, 5.74) is 0.586. The molecule has 5 heteroatoms. The molecule has 1 heterocycles. The van der Waals surface area contributed by atoms with Gasteiger partial charge in [-0.3, -0.25) is 0 Å². The molecular formula is C15H19NO3S. The molecule has 0 N–H and O–H groups in total. The largest absolute Gasteiger partial charge is 0.497 e. The Morgan fingerprint density at radius 1 is 1.30 bits per heavy atom. The first kappa shape index (κ1) is 15.0. The van der Waals surface area contributed by atoms with Gasteiger partial charge in [-0.1, -0.05) is 0 Å². The zero-order valence-electron chi connectivity index (χ0n) is 11.6. The van der Waals surface area contributed by atoms with E-state index in [1.165, 1.54) is 0 Å². The highest BCUT2D eigenvalue weighted by molar-refractivity contribution is 7.80. The molecule has 0 unspecified atom stereocenters. The van der Waals surface area contributed by atoms with Crippen LogP contribution in [0.15, 0.2) is 18.2 Å². The minimum absolute atomic E-state index is 0.0528. The van der Waals surface area contributed by atoms with Crippen LogP contribution < -0.4 is 9.47 Å². The maximum absolute atomic E-state index is 9.01. The van der Waals surface area contributed by atoms with Crippen LogP contribution in [0.5, 0.6) is 11.5 Å². The molecule has 0 radical (unpaired) electrons. The van der Waals surface area contributed by atoms with Crippen molar-refractivity contribution in [1.29, 1.82) is 5.26 Å². The Hall–Kier alpha value is -1.38. The van der Waals surface area contributed by atoms with Crippen molar-refractivity contribution in [2.24, 2.45) is 5.41 Å². The molecule has 0 bridgehead atoms. The Kier molecular flexibility index (Phi) is 5.16. The number of hydrogen-bond donors (Lipinski definition) is 1. The molecule has 1 saturated heterocycles. The molecule has 0 saturated carbocycles.